The molecule has 0 radical (unpaired) electrons. The Balaban J connectivity index is 2.07. The fraction of sp³-hybridized carbons (Fsp3) is 0.958. The molecule has 1 aliphatic rings. The SMILES string of the molecule is CCCCCCCCCCCCCCCCO[C@H]1O[C@H](CO)[C@@H](O)[C@H](O)[C@@H]1NC(C)=O. The van der Waals surface area contributed by atoms with Crippen LogP contribution < -0.4 is 5.32 Å². The normalized spacial score (nSPS) is 26.2. The molecular formula is C24H47NO6. The number of ether oxygens (including phenoxy) is 2. The van der Waals surface area contributed by atoms with E-state index in [0.717, 1.165) is 12.8 Å². The molecule has 1 rings (SSSR count). The molecule has 0 aromatic rings. The number of aliphatic hydroxyl groups excluding tert-OH is 3. The van der Waals surface area contributed by atoms with E-state index in [0.29, 0.717) is 6.61 Å². The lowest BCUT2D eigenvalue weighted by Gasteiger charge is -2.42. The number of rotatable bonds is 18. The van der Waals surface area contributed by atoms with Gasteiger partial charge < -0.3 is 30.1 Å². The molecule has 0 spiro atoms. The molecule has 0 aliphatic carbocycles. The Hall–Kier alpha value is -0.730. The second-order valence-electron chi connectivity index (χ2n) is 8.90. The summed E-state index contributed by atoms with van der Waals surface area (Å²) in [5.74, 6) is -0.340. The quantitative estimate of drug-likeness (QED) is 0.241. The zero-order valence-corrected chi connectivity index (χ0v) is 19.8. The predicted molar refractivity (Wildman–Crippen MR) is 122 cm³/mol. The van der Waals surface area contributed by atoms with Crippen molar-refractivity contribution in [1.29, 1.82) is 0 Å². The van der Waals surface area contributed by atoms with E-state index in [1.165, 1.54) is 84.0 Å². The molecule has 5 atom stereocenters. The lowest BCUT2D eigenvalue weighted by Crippen LogP contribution is -2.64. The van der Waals surface area contributed by atoms with Crippen LogP contribution in [0.15, 0.2) is 0 Å². The monoisotopic (exact) mass is 445 g/mol. The summed E-state index contributed by atoms with van der Waals surface area (Å²) in [5.41, 5.74) is 0. The summed E-state index contributed by atoms with van der Waals surface area (Å²) in [4.78, 5) is 11.4. The van der Waals surface area contributed by atoms with Crippen LogP contribution in [-0.2, 0) is 14.3 Å². The van der Waals surface area contributed by atoms with E-state index in [9.17, 15) is 20.1 Å². The van der Waals surface area contributed by atoms with Crippen molar-refractivity contribution in [3.8, 4) is 0 Å². The third-order valence-corrected chi connectivity index (χ3v) is 6.03. The van der Waals surface area contributed by atoms with E-state index in [-0.39, 0.29) is 5.91 Å². The summed E-state index contributed by atoms with van der Waals surface area (Å²) < 4.78 is 11.3. The predicted octanol–water partition coefficient (Wildman–Crippen LogP) is 3.43. The van der Waals surface area contributed by atoms with E-state index >= 15 is 0 Å². The highest BCUT2D eigenvalue weighted by Crippen LogP contribution is 2.22. The molecule has 1 fully saturated rings. The largest absolute Gasteiger partial charge is 0.394 e. The average molecular weight is 446 g/mol. The van der Waals surface area contributed by atoms with Gasteiger partial charge in [-0.15, -0.1) is 0 Å². The Morgan fingerprint density at radius 1 is 0.839 bits per heavy atom. The van der Waals surface area contributed by atoms with E-state index in [2.05, 4.69) is 12.2 Å². The van der Waals surface area contributed by atoms with Gasteiger partial charge in [-0.25, -0.2) is 0 Å². The molecule has 184 valence electrons. The maximum absolute atomic E-state index is 11.4. The zero-order valence-electron chi connectivity index (χ0n) is 19.8. The number of carbonyl (C=O) groups is 1. The second kappa shape index (κ2) is 17.8. The van der Waals surface area contributed by atoms with Crippen LogP contribution >= 0.6 is 0 Å². The van der Waals surface area contributed by atoms with Crippen LogP contribution in [0.3, 0.4) is 0 Å². The lowest BCUT2D eigenvalue weighted by atomic mass is 9.97. The Bertz CT molecular complexity index is 450. The Morgan fingerprint density at radius 2 is 1.32 bits per heavy atom. The molecule has 1 saturated heterocycles. The van der Waals surface area contributed by atoms with Gasteiger partial charge in [0, 0.05) is 13.5 Å². The second-order valence-corrected chi connectivity index (χ2v) is 8.90. The van der Waals surface area contributed by atoms with Gasteiger partial charge in [0.05, 0.1) is 6.61 Å². The maximum Gasteiger partial charge on any atom is 0.217 e. The van der Waals surface area contributed by atoms with Gasteiger partial charge in [0.1, 0.15) is 24.4 Å². The highest BCUT2D eigenvalue weighted by atomic mass is 16.7. The van der Waals surface area contributed by atoms with Crippen LogP contribution in [0.4, 0.5) is 0 Å². The topological polar surface area (TPSA) is 108 Å². The van der Waals surface area contributed by atoms with Gasteiger partial charge in [-0.1, -0.05) is 90.4 Å². The van der Waals surface area contributed by atoms with Crippen molar-refractivity contribution < 1.29 is 29.6 Å². The first kappa shape index (κ1) is 28.3. The Labute approximate surface area is 188 Å². The summed E-state index contributed by atoms with van der Waals surface area (Å²) in [6.07, 6.45) is 13.6. The van der Waals surface area contributed by atoms with Crippen LogP contribution in [0.25, 0.3) is 0 Å². The summed E-state index contributed by atoms with van der Waals surface area (Å²) in [6.45, 7) is 3.61. The number of carbonyl (C=O) groups excluding carboxylic acids is 1. The molecule has 0 saturated carbocycles. The van der Waals surface area contributed by atoms with Crippen molar-refractivity contribution >= 4 is 5.91 Å². The summed E-state index contributed by atoms with van der Waals surface area (Å²) in [7, 11) is 0. The zero-order chi connectivity index (χ0) is 22.9. The molecule has 0 bridgehead atoms. The third kappa shape index (κ3) is 12.2. The van der Waals surface area contributed by atoms with Gasteiger partial charge in [-0.3, -0.25) is 4.79 Å². The van der Waals surface area contributed by atoms with Crippen molar-refractivity contribution in [3.63, 3.8) is 0 Å². The number of aliphatic hydroxyl groups is 3. The van der Waals surface area contributed by atoms with Crippen molar-refractivity contribution in [2.24, 2.45) is 0 Å². The number of unbranched alkanes of at least 4 members (excludes halogenated alkanes) is 13. The molecule has 31 heavy (non-hydrogen) atoms. The highest BCUT2D eigenvalue weighted by molar-refractivity contribution is 5.73. The first-order valence-electron chi connectivity index (χ1n) is 12.5. The molecular weight excluding hydrogens is 398 g/mol. The number of amides is 1. The van der Waals surface area contributed by atoms with Gasteiger partial charge in [0.2, 0.25) is 5.91 Å². The third-order valence-electron chi connectivity index (χ3n) is 6.03. The molecule has 0 aromatic heterocycles. The van der Waals surface area contributed by atoms with E-state index in [1.807, 2.05) is 0 Å². The van der Waals surface area contributed by atoms with Gasteiger partial charge in [-0.2, -0.15) is 0 Å². The van der Waals surface area contributed by atoms with Crippen molar-refractivity contribution in [2.75, 3.05) is 13.2 Å². The van der Waals surface area contributed by atoms with Crippen LogP contribution in [0, 0.1) is 0 Å². The van der Waals surface area contributed by atoms with Crippen LogP contribution in [0.2, 0.25) is 0 Å². The van der Waals surface area contributed by atoms with E-state index in [4.69, 9.17) is 9.47 Å². The minimum absolute atomic E-state index is 0.340. The maximum atomic E-state index is 11.4. The number of hydrogen-bond acceptors (Lipinski definition) is 6. The highest BCUT2D eigenvalue weighted by Gasteiger charge is 2.45. The first-order valence-corrected chi connectivity index (χ1v) is 12.5. The first-order chi connectivity index (χ1) is 15.0. The molecule has 1 heterocycles. The molecule has 7 heteroatoms. The molecule has 1 amide bonds. The number of hydrogen-bond donors (Lipinski definition) is 4. The minimum atomic E-state index is -1.28. The smallest absolute Gasteiger partial charge is 0.217 e. The van der Waals surface area contributed by atoms with Crippen molar-refractivity contribution in [3.05, 3.63) is 0 Å². The molecule has 0 aromatic carbocycles. The van der Waals surface area contributed by atoms with Gasteiger partial charge >= 0.3 is 0 Å². The van der Waals surface area contributed by atoms with E-state index in [1.54, 1.807) is 0 Å². The fourth-order valence-corrected chi connectivity index (χ4v) is 4.11. The van der Waals surface area contributed by atoms with Gasteiger partial charge in [0.15, 0.2) is 6.29 Å². The van der Waals surface area contributed by atoms with Crippen molar-refractivity contribution in [2.45, 2.75) is 134 Å². The summed E-state index contributed by atoms with van der Waals surface area (Å²) in [6, 6.07) is -0.859. The van der Waals surface area contributed by atoms with Gasteiger partial charge in [-0.05, 0) is 6.42 Å². The molecule has 7 nitrogen and oxygen atoms in total. The Kier molecular flexibility index (Phi) is 16.2. The van der Waals surface area contributed by atoms with Crippen molar-refractivity contribution in [1.82, 2.24) is 5.32 Å². The van der Waals surface area contributed by atoms with Crippen LogP contribution in [-0.4, -0.2) is 65.1 Å². The molecule has 1 aliphatic heterocycles. The van der Waals surface area contributed by atoms with Gasteiger partial charge in [0.25, 0.3) is 0 Å². The van der Waals surface area contributed by atoms with E-state index < -0.39 is 37.3 Å². The van der Waals surface area contributed by atoms with Crippen LogP contribution in [0.1, 0.15) is 104 Å². The molecule has 0 unspecified atom stereocenters. The fourth-order valence-electron chi connectivity index (χ4n) is 4.11. The Morgan fingerprint density at radius 3 is 1.77 bits per heavy atom. The standard InChI is InChI=1S/C24H47NO6/c1-3-4-5-6-7-8-9-10-11-12-13-14-15-16-17-30-24-21(25-19(2)27)23(29)22(28)20(18-26)31-24/h20-24,26,28-29H,3-18H2,1-2H3,(H,25,27)/t20-,21+,22-,23-,24+/m1/s1. The number of nitrogens with one attached hydrogen (secondary N) is 1. The lowest BCUT2D eigenvalue weighted by molar-refractivity contribution is -0.270. The van der Waals surface area contributed by atoms with Crippen LogP contribution in [0.5, 0.6) is 0 Å². The minimum Gasteiger partial charge on any atom is -0.394 e. The average Bonchev–Trinajstić information content (AvgIpc) is 2.75. The summed E-state index contributed by atoms with van der Waals surface area (Å²) >= 11 is 0. The molecule has 4 N–H and O–H groups in total. The summed E-state index contributed by atoms with van der Waals surface area (Å²) in [5, 5.41) is 32.2.